The van der Waals surface area contributed by atoms with Gasteiger partial charge in [-0.05, 0) is 47.3 Å². The van der Waals surface area contributed by atoms with Crippen LogP contribution in [0.5, 0.6) is 5.75 Å². The van der Waals surface area contributed by atoms with Crippen LogP contribution in [0, 0.1) is 5.82 Å². The minimum Gasteiger partial charge on any atom is -0.495 e. The highest BCUT2D eigenvalue weighted by molar-refractivity contribution is 7.17. The number of aromatic nitrogens is 1. The van der Waals surface area contributed by atoms with Gasteiger partial charge < -0.3 is 14.6 Å². The Morgan fingerprint density at radius 3 is 2.81 bits per heavy atom. The van der Waals surface area contributed by atoms with Gasteiger partial charge in [0.15, 0.2) is 0 Å². The lowest BCUT2D eigenvalue weighted by Crippen LogP contribution is -2.18. The number of thiophene rings is 1. The van der Waals surface area contributed by atoms with Crippen molar-refractivity contribution in [3.63, 3.8) is 0 Å². The van der Waals surface area contributed by atoms with Gasteiger partial charge in [0.05, 0.1) is 23.0 Å². The lowest BCUT2D eigenvalue weighted by molar-refractivity contribution is 0.101. The number of fused-ring (bicyclic) bond motifs is 1. The molecule has 0 unspecified atom stereocenters. The second-order valence-corrected chi connectivity index (χ2v) is 7.02. The molecule has 0 atom stereocenters. The van der Waals surface area contributed by atoms with Gasteiger partial charge in [-0.25, -0.2) is 4.39 Å². The van der Waals surface area contributed by atoms with E-state index in [2.05, 4.69) is 5.32 Å². The molecule has 6 heteroatoms. The first-order valence-electron chi connectivity index (χ1n) is 8.41. The maximum Gasteiger partial charge on any atom is 0.272 e. The quantitative estimate of drug-likeness (QED) is 0.520. The molecule has 27 heavy (non-hydrogen) atoms. The summed E-state index contributed by atoms with van der Waals surface area (Å²) in [7, 11) is 1.56. The number of ether oxygens (including phenoxy) is 1. The summed E-state index contributed by atoms with van der Waals surface area (Å²) in [5, 5.41) is 4.89. The molecule has 0 aliphatic heterocycles. The first kappa shape index (κ1) is 17.3. The minimum absolute atomic E-state index is 0.237. The summed E-state index contributed by atoms with van der Waals surface area (Å²) in [6, 6.07) is 17.5. The summed E-state index contributed by atoms with van der Waals surface area (Å²) >= 11 is 1.57. The Kier molecular flexibility index (Phi) is 4.64. The number of rotatable bonds is 5. The number of amides is 1. The molecule has 0 radical (unpaired) electrons. The van der Waals surface area contributed by atoms with Crippen LogP contribution in [-0.2, 0) is 6.54 Å². The van der Waals surface area contributed by atoms with Crippen LogP contribution < -0.4 is 10.1 Å². The standard InChI is InChI=1S/C21H17FN2O2S/c1-26-19-8-3-2-7-16(19)23-21(25)18-12-20-17(9-10-27-20)24(18)13-14-5-4-6-15(22)11-14/h2-12H,13H2,1H3,(H,23,25). The molecule has 2 aromatic heterocycles. The number of nitrogens with zero attached hydrogens (tertiary/aromatic N) is 1. The van der Waals surface area contributed by atoms with E-state index in [0.717, 1.165) is 15.8 Å². The van der Waals surface area contributed by atoms with Crippen LogP contribution in [0.15, 0.2) is 66.0 Å². The number of hydrogen-bond acceptors (Lipinski definition) is 3. The van der Waals surface area contributed by atoms with E-state index < -0.39 is 0 Å². The monoisotopic (exact) mass is 380 g/mol. The van der Waals surface area contributed by atoms with Crippen LogP contribution in [0.25, 0.3) is 10.2 Å². The minimum atomic E-state index is -0.291. The summed E-state index contributed by atoms with van der Waals surface area (Å²) in [5.74, 6) is 0.0662. The van der Waals surface area contributed by atoms with Gasteiger partial charge in [0, 0.05) is 6.54 Å². The molecule has 0 saturated heterocycles. The lowest BCUT2D eigenvalue weighted by atomic mass is 10.2. The fraction of sp³-hybridized carbons (Fsp3) is 0.0952. The number of carbonyl (C=O) groups is 1. The molecule has 4 nitrogen and oxygen atoms in total. The van der Waals surface area contributed by atoms with Crippen molar-refractivity contribution in [2.24, 2.45) is 0 Å². The molecule has 0 aliphatic carbocycles. The predicted octanol–water partition coefficient (Wildman–Crippen LogP) is 5.15. The topological polar surface area (TPSA) is 43.3 Å². The summed E-state index contributed by atoms with van der Waals surface area (Å²) in [5.41, 5.74) is 2.87. The average molecular weight is 380 g/mol. The van der Waals surface area contributed by atoms with Crippen molar-refractivity contribution >= 4 is 33.1 Å². The van der Waals surface area contributed by atoms with Crippen LogP contribution in [0.1, 0.15) is 16.1 Å². The van der Waals surface area contributed by atoms with Gasteiger partial charge in [-0.2, -0.15) is 0 Å². The van der Waals surface area contributed by atoms with E-state index in [-0.39, 0.29) is 11.7 Å². The van der Waals surface area contributed by atoms with Crippen molar-refractivity contribution in [1.82, 2.24) is 4.57 Å². The maximum atomic E-state index is 13.6. The summed E-state index contributed by atoms with van der Waals surface area (Å²) in [6.45, 7) is 0.409. The fourth-order valence-corrected chi connectivity index (χ4v) is 3.91. The molecule has 2 heterocycles. The van der Waals surface area contributed by atoms with E-state index in [4.69, 9.17) is 4.74 Å². The third kappa shape index (κ3) is 3.44. The molecule has 0 spiro atoms. The van der Waals surface area contributed by atoms with Crippen molar-refractivity contribution < 1.29 is 13.9 Å². The van der Waals surface area contributed by atoms with Gasteiger partial charge in [-0.3, -0.25) is 4.79 Å². The molecule has 1 amide bonds. The molecule has 1 N–H and O–H groups in total. The Morgan fingerprint density at radius 1 is 1.15 bits per heavy atom. The first-order chi connectivity index (χ1) is 13.2. The highest BCUT2D eigenvalue weighted by Gasteiger charge is 2.18. The second kappa shape index (κ2) is 7.25. The average Bonchev–Trinajstić information content (AvgIpc) is 3.25. The van der Waals surface area contributed by atoms with Gasteiger partial charge in [0.25, 0.3) is 5.91 Å². The van der Waals surface area contributed by atoms with Gasteiger partial charge in [-0.1, -0.05) is 24.3 Å². The fourth-order valence-electron chi connectivity index (χ4n) is 3.09. The molecule has 0 fully saturated rings. The number of nitrogens with one attached hydrogen (secondary N) is 1. The van der Waals surface area contributed by atoms with E-state index in [9.17, 15) is 9.18 Å². The van der Waals surface area contributed by atoms with Crippen molar-refractivity contribution in [2.75, 3.05) is 12.4 Å². The van der Waals surface area contributed by atoms with E-state index >= 15 is 0 Å². The second-order valence-electron chi connectivity index (χ2n) is 6.07. The zero-order valence-corrected chi connectivity index (χ0v) is 15.4. The number of anilines is 1. The molecular weight excluding hydrogens is 363 g/mol. The largest absolute Gasteiger partial charge is 0.495 e. The van der Waals surface area contributed by atoms with E-state index in [1.54, 1.807) is 36.6 Å². The number of carbonyl (C=O) groups excluding carboxylic acids is 1. The van der Waals surface area contributed by atoms with Crippen LogP contribution >= 0.6 is 11.3 Å². The first-order valence-corrected chi connectivity index (χ1v) is 9.29. The zero-order valence-electron chi connectivity index (χ0n) is 14.6. The van der Waals surface area contributed by atoms with E-state index in [1.807, 2.05) is 40.3 Å². The molecule has 136 valence electrons. The van der Waals surface area contributed by atoms with Crippen molar-refractivity contribution in [1.29, 1.82) is 0 Å². The zero-order chi connectivity index (χ0) is 18.8. The number of benzene rings is 2. The van der Waals surface area contributed by atoms with Gasteiger partial charge in [0.1, 0.15) is 17.3 Å². The third-order valence-electron chi connectivity index (χ3n) is 4.34. The molecule has 4 rings (SSSR count). The maximum absolute atomic E-state index is 13.6. The summed E-state index contributed by atoms with van der Waals surface area (Å²) in [6.07, 6.45) is 0. The molecule has 2 aromatic carbocycles. The molecule has 0 aliphatic rings. The summed E-state index contributed by atoms with van der Waals surface area (Å²) in [4.78, 5) is 13.0. The third-order valence-corrected chi connectivity index (χ3v) is 5.19. The SMILES string of the molecule is COc1ccccc1NC(=O)c1cc2sccc2n1Cc1cccc(F)c1. The molecular formula is C21H17FN2O2S. The van der Waals surface area contributed by atoms with Gasteiger partial charge in [-0.15, -0.1) is 11.3 Å². The van der Waals surface area contributed by atoms with Gasteiger partial charge >= 0.3 is 0 Å². The van der Waals surface area contributed by atoms with Crippen LogP contribution in [-0.4, -0.2) is 17.6 Å². The Hall–Kier alpha value is -3.12. The number of para-hydroxylation sites is 2. The summed E-state index contributed by atoms with van der Waals surface area (Å²) < 4.78 is 21.8. The normalized spacial score (nSPS) is 10.9. The number of hydrogen-bond donors (Lipinski definition) is 1. The predicted molar refractivity (Wildman–Crippen MR) is 106 cm³/mol. The highest BCUT2D eigenvalue weighted by Crippen LogP contribution is 2.28. The highest BCUT2D eigenvalue weighted by atomic mass is 32.1. The Bertz CT molecular complexity index is 1120. The Balaban J connectivity index is 1.71. The van der Waals surface area contributed by atoms with Crippen molar-refractivity contribution in [3.05, 3.63) is 83.1 Å². The van der Waals surface area contributed by atoms with Crippen LogP contribution in [0.4, 0.5) is 10.1 Å². The Labute approximate surface area is 159 Å². The molecule has 4 aromatic rings. The van der Waals surface area contributed by atoms with E-state index in [0.29, 0.717) is 23.7 Å². The molecule has 0 saturated carbocycles. The number of halogens is 1. The molecule has 0 bridgehead atoms. The van der Waals surface area contributed by atoms with Crippen molar-refractivity contribution in [2.45, 2.75) is 6.54 Å². The van der Waals surface area contributed by atoms with Crippen LogP contribution in [0.2, 0.25) is 0 Å². The Morgan fingerprint density at radius 2 is 2.00 bits per heavy atom. The smallest absolute Gasteiger partial charge is 0.272 e. The number of methoxy groups -OCH3 is 1. The van der Waals surface area contributed by atoms with Gasteiger partial charge in [0.2, 0.25) is 0 Å². The van der Waals surface area contributed by atoms with Crippen LogP contribution in [0.3, 0.4) is 0 Å². The van der Waals surface area contributed by atoms with E-state index in [1.165, 1.54) is 12.1 Å². The van der Waals surface area contributed by atoms with Crippen molar-refractivity contribution in [3.8, 4) is 5.75 Å². The lowest BCUT2D eigenvalue weighted by Gasteiger charge is -2.13.